The molecule has 0 saturated heterocycles. The molecule has 3 rings (SSSR count). The number of halogens is 1. The largest absolute Gasteiger partial charge is 0.400 e. The molecule has 2 aromatic rings. The zero-order chi connectivity index (χ0) is 21.8. The van der Waals surface area contributed by atoms with E-state index in [1.54, 1.807) is 26.5 Å². The Morgan fingerprint density at radius 2 is 2.03 bits per heavy atom. The van der Waals surface area contributed by atoms with E-state index in [9.17, 15) is 9.18 Å². The average Bonchev–Trinajstić information content (AvgIpc) is 2.73. The van der Waals surface area contributed by atoms with E-state index in [0.29, 0.717) is 34.8 Å². The third-order valence-electron chi connectivity index (χ3n) is 5.07. The van der Waals surface area contributed by atoms with Gasteiger partial charge in [-0.05, 0) is 30.7 Å². The molecule has 2 bridgehead atoms. The number of likely N-dealkylation sites (N-methyl/N-ethyl adjacent to an activating group) is 1. The lowest BCUT2D eigenvalue weighted by Gasteiger charge is -2.28. The normalized spacial score (nSPS) is 14.9. The molecule has 1 aliphatic rings. The summed E-state index contributed by atoms with van der Waals surface area (Å²) in [7, 11) is 3.32. The van der Waals surface area contributed by atoms with E-state index in [2.05, 4.69) is 16.9 Å². The molecule has 0 fully saturated rings. The van der Waals surface area contributed by atoms with Crippen molar-refractivity contribution in [3.63, 3.8) is 0 Å². The number of rotatable bonds is 4. The summed E-state index contributed by atoms with van der Waals surface area (Å²) in [5.41, 5.74) is 15.9. The van der Waals surface area contributed by atoms with Crippen molar-refractivity contribution in [3.05, 3.63) is 53.1 Å². The number of hydrogen-bond donors (Lipinski definition) is 2. The van der Waals surface area contributed by atoms with Crippen molar-refractivity contribution in [1.29, 1.82) is 0 Å². The van der Waals surface area contributed by atoms with Crippen LogP contribution in [0.1, 0.15) is 35.7 Å². The van der Waals surface area contributed by atoms with Gasteiger partial charge in [0.1, 0.15) is 11.6 Å². The highest BCUT2D eigenvalue weighted by atomic mass is 19.1. The van der Waals surface area contributed by atoms with Gasteiger partial charge in [0.15, 0.2) is 0 Å². The van der Waals surface area contributed by atoms with Gasteiger partial charge in [0.2, 0.25) is 0 Å². The topological polar surface area (TPSA) is 101 Å². The van der Waals surface area contributed by atoms with Gasteiger partial charge in [-0.15, -0.1) is 0 Å². The first-order valence-corrected chi connectivity index (χ1v) is 9.86. The van der Waals surface area contributed by atoms with E-state index in [-0.39, 0.29) is 18.3 Å². The van der Waals surface area contributed by atoms with Crippen LogP contribution in [0.5, 0.6) is 0 Å². The fourth-order valence-corrected chi connectivity index (χ4v) is 3.51. The molecule has 158 valence electrons. The van der Waals surface area contributed by atoms with Crippen LogP contribution in [0.4, 0.5) is 21.6 Å². The minimum absolute atomic E-state index is 0.186. The molecule has 0 aliphatic carbocycles. The monoisotopic (exact) mass is 410 g/mol. The van der Waals surface area contributed by atoms with Gasteiger partial charge in [-0.2, -0.15) is 0 Å². The van der Waals surface area contributed by atoms with Crippen LogP contribution in [0, 0.1) is 5.82 Å². The predicted molar refractivity (Wildman–Crippen MR) is 119 cm³/mol. The molecule has 2 heterocycles. The molecular formula is C22H27FN6O. The molecule has 0 radical (unpaired) electrons. The molecule has 0 unspecified atom stereocenters. The Bertz CT molecular complexity index is 1020. The van der Waals surface area contributed by atoms with Crippen molar-refractivity contribution in [2.45, 2.75) is 19.8 Å². The number of carbonyl (C=O) groups is 1. The number of aromatic nitrogens is 1. The summed E-state index contributed by atoms with van der Waals surface area (Å²) in [5, 5.41) is 0. The first-order chi connectivity index (χ1) is 14.4. The lowest BCUT2D eigenvalue weighted by atomic mass is 10.1. The first kappa shape index (κ1) is 21.3. The van der Waals surface area contributed by atoms with Gasteiger partial charge in [0.25, 0.3) is 5.91 Å². The Kier molecular flexibility index (Phi) is 6.34. The number of nitrogens with two attached hydrogens (primary N) is 2. The zero-order valence-corrected chi connectivity index (χ0v) is 17.5. The van der Waals surface area contributed by atoms with Crippen LogP contribution in [0.3, 0.4) is 0 Å². The van der Waals surface area contributed by atoms with E-state index in [1.807, 2.05) is 11.0 Å². The third kappa shape index (κ3) is 4.12. The molecule has 7 nitrogen and oxygen atoms in total. The standard InChI is InChI=1S/C22H27FN6O/c1-4-5-8-29-19-10-15(23)6-7-16(19)22(30)28(3)13-18(24)17(12-26-2)14-9-20(29)21(25)27-11-14/h6-7,9-12H,4-5,8,13,24H2,1-3H3,(H2,25,27). The Morgan fingerprint density at radius 3 is 2.73 bits per heavy atom. The zero-order valence-electron chi connectivity index (χ0n) is 17.5. The van der Waals surface area contributed by atoms with Crippen LogP contribution in [-0.2, 0) is 0 Å². The molecule has 1 amide bonds. The van der Waals surface area contributed by atoms with Gasteiger partial charge in [-0.25, -0.2) is 9.37 Å². The number of allylic oxidation sites excluding steroid dienone is 1. The summed E-state index contributed by atoms with van der Waals surface area (Å²) in [5.74, 6) is -0.403. The number of nitrogens with zero attached hydrogens (tertiary/aromatic N) is 4. The molecule has 30 heavy (non-hydrogen) atoms. The van der Waals surface area contributed by atoms with E-state index in [1.165, 1.54) is 23.1 Å². The number of benzene rings is 1. The molecule has 4 N–H and O–H groups in total. The quantitative estimate of drug-likeness (QED) is 0.754. The van der Waals surface area contributed by atoms with E-state index in [0.717, 1.165) is 18.4 Å². The fourth-order valence-electron chi connectivity index (χ4n) is 3.51. The van der Waals surface area contributed by atoms with Crippen molar-refractivity contribution in [3.8, 4) is 0 Å². The van der Waals surface area contributed by atoms with Crippen molar-refractivity contribution in [2.24, 2.45) is 10.7 Å². The fraction of sp³-hybridized carbons (Fsp3) is 0.318. The molecule has 0 atom stereocenters. The maximum atomic E-state index is 14.3. The number of aliphatic imine (C=N–C) groups is 1. The van der Waals surface area contributed by atoms with Crippen LogP contribution in [0.2, 0.25) is 0 Å². The first-order valence-electron chi connectivity index (χ1n) is 9.86. The van der Waals surface area contributed by atoms with Crippen molar-refractivity contribution < 1.29 is 9.18 Å². The predicted octanol–water partition coefficient (Wildman–Crippen LogP) is 3.20. The number of carbonyl (C=O) groups excluding carboxylic acids is 1. The molecule has 0 spiro atoms. The highest BCUT2D eigenvalue weighted by molar-refractivity contribution is 6.11. The van der Waals surface area contributed by atoms with Crippen molar-refractivity contribution in [1.82, 2.24) is 9.88 Å². The number of hydrogen-bond acceptors (Lipinski definition) is 6. The summed E-state index contributed by atoms with van der Waals surface area (Å²) in [4.78, 5) is 25.1. The lowest BCUT2D eigenvalue weighted by molar-refractivity contribution is 0.0807. The molecule has 1 aromatic carbocycles. The minimum Gasteiger partial charge on any atom is -0.400 e. The maximum Gasteiger partial charge on any atom is 0.256 e. The Morgan fingerprint density at radius 1 is 1.27 bits per heavy atom. The summed E-state index contributed by atoms with van der Waals surface area (Å²) < 4.78 is 14.3. The summed E-state index contributed by atoms with van der Waals surface area (Å²) in [6, 6.07) is 6.02. The summed E-state index contributed by atoms with van der Waals surface area (Å²) in [6.45, 7) is 2.80. The van der Waals surface area contributed by atoms with Crippen LogP contribution in [0.15, 0.2) is 41.2 Å². The Labute approximate surface area is 175 Å². The maximum absolute atomic E-state index is 14.3. The van der Waals surface area contributed by atoms with Crippen LogP contribution >= 0.6 is 0 Å². The van der Waals surface area contributed by atoms with E-state index in [4.69, 9.17) is 11.5 Å². The van der Waals surface area contributed by atoms with Gasteiger partial charge < -0.3 is 21.3 Å². The van der Waals surface area contributed by atoms with Gasteiger partial charge in [0.05, 0.1) is 23.5 Å². The Hall–Kier alpha value is -3.42. The van der Waals surface area contributed by atoms with E-state index >= 15 is 0 Å². The number of anilines is 3. The molecule has 8 heteroatoms. The molecule has 1 aliphatic heterocycles. The average molecular weight is 410 g/mol. The van der Waals surface area contributed by atoms with Gasteiger partial charge in [0, 0.05) is 49.9 Å². The van der Waals surface area contributed by atoms with Crippen molar-refractivity contribution in [2.75, 3.05) is 37.8 Å². The SMILES string of the molecule is CCCCN1c2cc(F)ccc2C(=O)N(C)CC(N)=C(C=NC)c2cnc(N)c1c2. The highest BCUT2D eigenvalue weighted by Crippen LogP contribution is 2.36. The van der Waals surface area contributed by atoms with Crippen molar-refractivity contribution >= 4 is 34.9 Å². The summed E-state index contributed by atoms with van der Waals surface area (Å²) >= 11 is 0. The van der Waals surface area contributed by atoms with Gasteiger partial charge in [-0.1, -0.05) is 13.3 Å². The number of pyridine rings is 1. The Balaban J connectivity index is 2.35. The molecule has 1 aromatic heterocycles. The second-order valence-corrected chi connectivity index (χ2v) is 7.28. The third-order valence-corrected chi connectivity index (χ3v) is 5.07. The lowest BCUT2D eigenvalue weighted by Crippen LogP contribution is -2.32. The molecular weight excluding hydrogens is 383 g/mol. The van der Waals surface area contributed by atoms with Crippen LogP contribution in [0.25, 0.3) is 5.57 Å². The second-order valence-electron chi connectivity index (χ2n) is 7.28. The highest BCUT2D eigenvalue weighted by Gasteiger charge is 2.25. The van der Waals surface area contributed by atoms with E-state index < -0.39 is 5.82 Å². The minimum atomic E-state index is -0.431. The van der Waals surface area contributed by atoms with Gasteiger partial charge >= 0.3 is 0 Å². The molecule has 0 saturated carbocycles. The second kappa shape index (κ2) is 8.94. The van der Waals surface area contributed by atoms with Crippen LogP contribution in [-0.4, -0.2) is 49.2 Å². The van der Waals surface area contributed by atoms with Crippen LogP contribution < -0.4 is 16.4 Å². The number of fused-ring (bicyclic) bond motifs is 3. The van der Waals surface area contributed by atoms with Gasteiger partial charge in [-0.3, -0.25) is 9.79 Å². The number of amides is 1. The number of unbranched alkanes of at least 4 members (excludes halogenated alkanes) is 1. The number of nitrogen functional groups attached to an aromatic ring is 1. The smallest absolute Gasteiger partial charge is 0.256 e. The summed E-state index contributed by atoms with van der Waals surface area (Å²) in [6.07, 6.45) is 5.02.